The summed E-state index contributed by atoms with van der Waals surface area (Å²) in [4.78, 5) is 0.234. The van der Waals surface area contributed by atoms with Crippen molar-refractivity contribution in [3.05, 3.63) is 29.8 Å². The molecular formula is C12H19NO3S. The van der Waals surface area contributed by atoms with Crippen molar-refractivity contribution in [2.24, 2.45) is 0 Å². The Balaban J connectivity index is 2.85. The van der Waals surface area contributed by atoms with Crippen molar-refractivity contribution in [3.63, 3.8) is 0 Å². The van der Waals surface area contributed by atoms with Gasteiger partial charge in [-0.05, 0) is 31.0 Å². The van der Waals surface area contributed by atoms with E-state index in [2.05, 4.69) is 11.6 Å². The van der Waals surface area contributed by atoms with Crippen LogP contribution in [0.1, 0.15) is 25.8 Å². The molecule has 0 aliphatic rings. The molecule has 1 atom stereocenters. The molecule has 0 spiro atoms. The van der Waals surface area contributed by atoms with E-state index in [9.17, 15) is 8.42 Å². The SMILES string of the molecule is CCCc1ccc(S(=O)(=O)N[C@@H](C)CO)cc1. The molecule has 0 unspecified atom stereocenters. The van der Waals surface area contributed by atoms with E-state index in [4.69, 9.17) is 5.11 Å². The zero-order valence-corrected chi connectivity index (χ0v) is 11.0. The number of benzene rings is 1. The van der Waals surface area contributed by atoms with Crippen molar-refractivity contribution in [1.29, 1.82) is 0 Å². The molecule has 0 aromatic heterocycles. The molecule has 0 aliphatic carbocycles. The zero-order chi connectivity index (χ0) is 12.9. The van der Waals surface area contributed by atoms with Gasteiger partial charge < -0.3 is 5.11 Å². The topological polar surface area (TPSA) is 66.4 Å². The van der Waals surface area contributed by atoms with Gasteiger partial charge >= 0.3 is 0 Å². The number of aryl methyl sites for hydroxylation is 1. The summed E-state index contributed by atoms with van der Waals surface area (Å²) < 4.78 is 26.1. The first-order valence-corrected chi connectivity index (χ1v) is 7.20. The van der Waals surface area contributed by atoms with Crippen LogP contribution in [0.2, 0.25) is 0 Å². The van der Waals surface area contributed by atoms with Gasteiger partial charge in [0, 0.05) is 6.04 Å². The lowest BCUT2D eigenvalue weighted by Crippen LogP contribution is -2.34. The second-order valence-corrected chi connectivity index (χ2v) is 5.81. The van der Waals surface area contributed by atoms with Crippen molar-refractivity contribution in [2.45, 2.75) is 37.6 Å². The number of aliphatic hydroxyl groups is 1. The maximum atomic E-state index is 11.8. The molecule has 0 saturated heterocycles. The van der Waals surface area contributed by atoms with Crippen molar-refractivity contribution in [2.75, 3.05) is 6.61 Å². The van der Waals surface area contributed by atoms with Gasteiger partial charge in [-0.25, -0.2) is 13.1 Å². The number of hydrogen-bond acceptors (Lipinski definition) is 3. The fourth-order valence-electron chi connectivity index (χ4n) is 1.49. The predicted molar refractivity (Wildman–Crippen MR) is 67.3 cm³/mol. The van der Waals surface area contributed by atoms with E-state index in [1.807, 2.05) is 12.1 Å². The van der Waals surface area contributed by atoms with Crippen LogP contribution >= 0.6 is 0 Å². The fourth-order valence-corrected chi connectivity index (χ4v) is 2.73. The molecule has 1 aromatic carbocycles. The van der Waals surface area contributed by atoms with E-state index >= 15 is 0 Å². The van der Waals surface area contributed by atoms with Gasteiger partial charge in [0.15, 0.2) is 0 Å². The van der Waals surface area contributed by atoms with Crippen LogP contribution in [0.5, 0.6) is 0 Å². The average Bonchev–Trinajstić information content (AvgIpc) is 2.29. The largest absolute Gasteiger partial charge is 0.395 e. The van der Waals surface area contributed by atoms with Crippen LogP contribution in [0.25, 0.3) is 0 Å². The molecule has 17 heavy (non-hydrogen) atoms. The Morgan fingerprint density at radius 2 is 1.88 bits per heavy atom. The number of hydrogen-bond donors (Lipinski definition) is 2. The predicted octanol–water partition coefficient (Wildman–Crippen LogP) is 1.30. The molecule has 0 saturated carbocycles. The third-order valence-electron chi connectivity index (χ3n) is 2.40. The highest BCUT2D eigenvalue weighted by Gasteiger charge is 2.16. The van der Waals surface area contributed by atoms with E-state index in [0.29, 0.717) is 0 Å². The molecule has 4 nitrogen and oxygen atoms in total. The van der Waals surface area contributed by atoms with Crippen LogP contribution in [-0.4, -0.2) is 26.2 Å². The minimum Gasteiger partial charge on any atom is -0.395 e. The fraction of sp³-hybridized carbons (Fsp3) is 0.500. The van der Waals surface area contributed by atoms with Crippen LogP contribution < -0.4 is 4.72 Å². The standard InChI is InChI=1S/C12H19NO3S/c1-3-4-11-5-7-12(8-6-11)17(15,16)13-10(2)9-14/h5-8,10,13-14H,3-4,9H2,1-2H3/t10-/m0/s1. The summed E-state index contributed by atoms with van der Waals surface area (Å²) in [7, 11) is -3.51. The Bertz CT molecular complexity index is 439. The lowest BCUT2D eigenvalue weighted by molar-refractivity contribution is 0.265. The monoisotopic (exact) mass is 257 g/mol. The van der Waals surface area contributed by atoms with Crippen molar-refractivity contribution >= 4 is 10.0 Å². The second-order valence-electron chi connectivity index (χ2n) is 4.10. The molecule has 0 amide bonds. The van der Waals surface area contributed by atoms with E-state index in [1.54, 1.807) is 19.1 Å². The van der Waals surface area contributed by atoms with Crippen LogP contribution in [0.4, 0.5) is 0 Å². The normalized spacial score (nSPS) is 13.6. The lowest BCUT2D eigenvalue weighted by atomic mass is 10.1. The molecule has 0 aliphatic heterocycles. The van der Waals surface area contributed by atoms with Gasteiger partial charge in [0.1, 0.15) is 0 Å². The van der Waals surface area contributed by atoms with Crippen molar-refractivity contribution in [1.82, 2.24) is 4.72 Å². The molecule has 0 bridgehead atoms. The molecule has 5 heteroatoms. The highest BCUT2D eigenvalue weighted by Crippen LogP contribution is 2.12. The van der Waals surface area contributed by atoms with Crippen LogP contribution in [0.15, 0.2) is 29.2 Å². The van der Waals surface area contributed by atoms with Crippen LogP contribution in [0, 0.1) is 0 Å². The molecule has 1 rings (SSSR count). The Labute approximate surface area is 103 Å². The van der Waals surface area contributed by atoms with Gasteiger partial charge in [0.05, 0.1) is 11.5 Å². The third-order valence-corrected chi connectivity index (χ3v) is 4.01. The van der Waals surface area contributed by atoms with E-state index in [0.717, 1.165) is 18.4 Å². The molecule has 0 heterocycles. The summed E-state index contributed by atoms with van der Waals surface area (Å²) in [6.07, 6.45) is 1.98. The first kappa shape index (κ1) is 14.2. The molecule has 96 valence electrons. The summed E-state index contributed by atoms with van der Waals surface area (Å²) in [5.41, 5.74) is 1.13. The highest BCUT2D eigenvalue weighted by atomic mass is 32.2. The third kappa shape index (κ3) is 4.11. The molecule has 0 fully saturated rings. The van der Waals surface area contributed by atoms with Gasteiger partial charge in [-0.2, -0.15) is 0 Å². The number of aliphatic hydroxyl groups excluding tert-OH is 1. The quantitative estimate of drug-likeness (QED) is 0.807. The lowest BCUT2D eigenvalue weighted by Gasteiger charge is -2.11. The van der Waals surface area contributed by atoms with Gasteiger partial charge in [-0.1, -0.05) is 25.5 Å². The summed E-state index contributed by atoms with van der Waals surface area (Å²) in [6, 6.07) is 6.35. The Hall–Kier alpha value is -0.910. The Kier molecular flexibility index (Phi) is 5.11. The first-order chi connectivity index (χ1) is 7.99. The summed E-state index contributed by atoms with van der Waals surface area (Å²) in [5, 5.41) is 8.83. The summed E-state index contributed by atoms with van der Waals surface area (Å²) in [5.74, 6) is 0. The van der Waals surface area contributed by atoms with Crippen LogP contribution in [-0.2, 0) is 16.4 Å². The molecular weight excluding hydrogens is 238 g/mol. The number of nitrogens with one attached hydrogen (secondary N) is 1. The second kappa shape index (κ2) is 6.14. The Morgan fingerprint density at radius 3 is 2.35 bits per heavy atom. The van der Waals surface area contributed by atoms with Crippen LogP contribution in [0.3, 0.4) is 0 Å². The minimum absolute atomic E-state index is 0.215. The summed E-state index contributed by atoms with van der Waals surface area (Å²) >= 11 is 0. The summed E-state index contributed by atoms with van der Waals surface area (Å²) in [6.45, 7) is 3.48. The first-order valence-electron chi connectivity index (χ1n) is 5.71. The average molecular weight is 257 g/mol. The van der Waals surface area contributed by atoms with Crippen molar-refractivity contribution in [3.8, 4) is 0 Å². The van der Waals surface area contributed by atoms with Crippen molar-refractivity contribution < 1.29 is 13.5 Å². The van der Waals surface area contributed by atoms with E-state index < -0.39 is 16.1 Å². The van der Waals surface area contributed by atoms with E-state index in [1.165, 1.54) is 0 Å². The molecule has 0 radical (unpaired) electrons. The zero-order valence-electron chi connectivity index (χ0n) is 10.2. The van der Waals surface area contributed by atoms with Gasteiger partial charge in [0.25, 0.3) is 0 Å². The Morgan fingerprint density at radius 1 is 1.29 bits per heavy atom. The number of rotatable bonds is 6. The minimum atomic E-state index is -3.51. The molecule has 1 aromatic rings. The van der Waals surface area contributed by atoms with Gasteiger partial charge in [0.2, 0.25) is 10.0 Å². The van der Waals surface area contributed by atoms with E-state index in [-0.39, 0.29) is 11.5 Å². The maximum Gasteiger partial charge on any atom is 0.240 e. The van der Waals surface area contributed by atoms with Gasteiger partial charge in [-0.15, -0.1) is 0 Å². The highest BCUT2D eigenvalue weighted by molar-refractivity contribution is 7.89. The smallest absolute Gasteiger partial charge is 0.240 e. The maximum absolute atomic E-state index is 11.8. The number of sulfonamides is 1. The molecule has 2 N–H and O–H groups in total. The van der Waals surface area contributed by atoms with Gasteiger partial charge in [-0.3, -0.25) is 0 Å².